The summed E-state index contributed by atoms with van der Waals surface area (Å²) in [5.41, 5.74) is 0.775. The fraction of sp³-hybridized carbons (Fsp3) is 0.312. The third-order valence-corrected chi connectivity index (χ3v) is 3.10. The fourth-order valence-electron chi connectivity index (χ4n) is 2.06. The summed E-state index contributed by atoms with van der Waals surface area (Å²) in [7, 11) is 0. The van der Waals surface area contributed by atoms with E-state index in [-0.39, 0.29) is 25.7 Å². The Kier molecular flexibility index (Phi) is 5.54. The number of hydrogen-bond donors (Lipinski definition) is 2. The number of fused-ring (bicyclic) bond motifs is 1. The average Bonchev–Trinajstić information content (AvgIpc) is 2.92. The van der Waals surface area contributed by atoms with Crippen molar-refractivity contribution in [2.75, 3.05) is 26.3 Å². The van der Waals surface area contributed by atoms with E-state index in [1.165, 1.54) is 11.0 Å². The molecule has 0 aliphatic carbocycles. The molecule has 2 rings (SSSR count). The minimum atomic E-state index is -0.210. The number of aliphatic hydroxyl groups is 2. The summed E-state index contributed by atoms with van der Waals surface area (Å²) in [5, 5.41) is 18.8. The molecule has 0 saturated carbocycles. The average molecular weight is 289 g/mol. The Labute approximate surface area is 123 Å². The van der Waals surface area contributed by atoms with Crippen molar-refractivity contribution < 1.29 is 19.4 Å². The first-order valence-electron chi connectivity index (χ1n) is 6.92. The highest BCUT2D eigenvalue weighted by atomic mass is 16.3. The Morgan fingerprint density at radius 3 is 2.71 bits per heavy atom. The van der Waals surface area contributed by atoms with E-state index >= 15 is 0 Å². The number of benzene rings is 1. The van der Waals surface area contributed by atoms with Crippen LogP contribution in [0.2, 0.25) is 0 Å². The van der Waals surface area contributed by atoms with E-state index in [1.807, 2.05) is 30.3 Å². The molecule has 0 bridgehead atoms. The number of rotatable bonds is 7. The van der Waals surface area contributed by atoms with Gasteiger partial charge < -0.3 is 19.5 Å². The second kappa shape index (κ2) is 7.61. The van der Waals surface area contributed by atoms with Crippen LogP contribution in [-0.4, -0.2) is 47.3 Å². The maximum absolute atomic E-state index is 12.0. The minimum absolute atomic E-state index is 0.0164. The standard InChI is InChI=1S/C16H19NO4/c18-10-3-8-17(9-11-19)16(20)7-6-14-12-13-4-1-2-5-15(13)21-14/h1-2,4-7,12,18-19H,3,8-11H2/b7-6+. The van der Waals surface area contributed by atoms with Gasteiger partial charge in [-0.1, -0.05) is 18.2 Å². The van der Waals surface area contributed by atoms with Crippen LogP contribution in [0.25, 0.3) is 17.0 Å². The lowest BCUT2D eigenvalue weighted by Gasteiger charge is -2.19. The Bertz CT molecular complexity index is 585. The first-order valence-corrected chi connectivity index (χ1v) is 6.92. The largest absolute Gasteiger partial charge is 0.457 e. The van der Waals surface area contributed by atoms with Crippen LogP contribution in [0.15, 0.2) is 40.8 Å². The van der Waals surface area contributed by atoms with Gasteiger partial charge in [0.2, 0.25) is 5.91 Å². The topological polar surface area (TPSA) is 73.9 Å². The minimum Gasteiger partial charge on any atom is -0.457 e. The number of aliphatic hydroxyl groups excluding tert-OH is 2. The van der Waals surface area contributed by atoms with Crippen LogP contribution >= 0.6 is 0 Å². The summed E-state index contributed by atoms with van der Waals surface area (Å²) in [4.78, 5) is 13.5. The molecule has 1 aromatic heterocycles. The van der Waals surface area contributed by atoms with Gasteiger partial charge in [0.15, 0.2) is 0 Å². The van der Waals surface area contributed by atoms with E-state index in [4.69, 9.17) is 14.6 Å². The summed E-state index contributed by atoms with van der Waals surface area (Å²) in [6.45, 7) is 0.585. The van der Waals surface area contributed by atoms with E-state index in [0.717, 1.165) is 11.0 Å². The van der Waals surface area contributed by atoms with Gasteiger partial charge in [-0.05, 0) is 24.6 Å². The van der Waals surface area contributed by atoms with E-state index < -0.39 is 0 Å². The molecule has 21 heavy (non-hydrogen) atoms. The number of nitrogens with zero attached hydrogens (tertiary/aromatic N) is 1. The Hall–Kier alpha value is -2.11. The fourth-order valence-corrected chi connectivity index (χ4v) is 2.06. The predicted molar refractivity (Wildman–Crippen MR) is 80.6 cm³/mol. The van der Waals surface area contributed by atoms with Crippen molar-refractivity contribution in [3.05, 3.63) is 42.2 Å². The highest BCUT2D eigenvalue weighted by Crippen LogP contribution is 2.19. The molecule has 0 saturated heterocycles. The lowest BCUT2D eigenvalue weighted by molar-refractivity contribution is -0.126. The highest BCUT2D eigenvalue weighted by Gasteiger charge is 2.09. The van der Waals surface area contributed by atoms with Gasteiger partial charge in [-0.25, -0.2) is 0 Å². The maximum atomic E-state index is 12.0. The number of furan rings is 1. The molecule has 5 heteroatoms. The molecule has 0 aliphatic rings. The Morgan fingerprint density at radius 1 is 1.19 bits per heavy atom. The van der Waals surface area contributed by atoms with Gasteiger partial charge in [0.1, 0.15) is 11.3 Å². The molecule has 0 spiro atoms. The molecule has 0 unspecified atom stereocenters. The van der Waals surface area contributed by atoms with E-state index in [2.05, 4.69) is 0 Å². The zero-order chi connectivity index (χ0) is 15.1. The zero-order valence-corrected chi connectivity index (χ0v) is 11.7. The van der Waals surface area contributed by atoms with Crippen molar-refractivity contribution in [1.82, 2.24) is 4.90 Å². The Balaban J connectivity index is 2.05. The molecule has 1 heterocycles. The number of amides is 1. The lowest BCUT2D eigenvalue weighted by Crippen LogP contribution is -2.33. The molecule has 5 nitrogen and oxygen atoms in total. The summed E-state index contributed by atoms with van der Waals surface area (Å²) in [6, 6.07) is 9.49. The van der Waals surface area contributed by atoms with Gasteiger partial charge in [0, 0.05) is 31.2 Å². The second-order valence-electron chi connectivity index (χ2n) is 4.65. The van der Waals surface area contributed by atoms with Crippen molar-refractivity contribution in [2.45, 2.75) is 6.42 Å². The first kappa shape index (κ1) is 15.3. The normalized spacial score (nSPS) is 11.3. The third kappa shape index (κ3) is 4.18. The molecule has 2 N–H and O–H groups in total. The predicted octanol–water partition coefficient (Wildman–Crippen LogP) is 1.65. The van der Waals surface area contributed by atoms with Crippen molar-refractivity contribution in [2.24, 2.45) is 0 Å². The van der Waals surface area contributed by atoms with Gasteiger partial charge in [0.05, 0.1) is 6.61 Å². The van der Waals surface area contributed by atoms with Gasteiger partial charge in [-0.3, -0.25) is 4.79 Å². The third-order valence-electron chi connectivity index (χ3n) is 3.10. The number of para-hydroxylation sites is 1. The summed E-state index contributed by atoms with van der Waals surface area (Å²) >= 11 is 0. The molecule has 0 radical (unpaired) electrons. The number of carbonyl (C=O) groups is 1. The van der Waals surface area contributed by atoms with Crippen LogP contribution in [0, 0.1) is 0 Å². The smallest absolute Gasteiger partial charge is 0.246 e. The van der Waals surface area contributed by atoms with Crippen LogP contribution in [0.5, 0.6) is 0 Å². The van der Waals surface area contributed by atoms with E-state index in [1.54, 1.807) is 6.08 Å². The molecular formula is C16H19NO4. The molecule has 0 fully saturated rings. The van der Waals surface area contributed by atoms with Crippen molar-refractivity contribution in [3.8, 4) is 0 Å². The van der Waals surface area contributed by atoms with E-state index in [0.29, 0.717) is 18.7 Å². The molecule has 2 aromatic rings. The molecule has 0 atom stereocenters. The van der Waals surface area contributed by atoms with Gasteiger partial charge in [0.25, 0.3) is 0 Å². The van der Waals surface area contributed by atoms with Crippen LogP contribution in [0.3, 0.4) is 0 Å². The van der Waals surface area contributed by atoms with Crippen LogP contribution in [-0.2, 0) is 4.79 Å². The summed E-state index contributed by atoms with van der Waals surface area (Å²) in [6.07, 6.45) is 3.53. The van der Waals surface area contributed by atoms with Gasteiger partial charge >= 0.3 is 0 Å². The monoisotopic (exact) mass is 289 g/mol. The van der Waals surface area contributed by atoms with Gasteiger partial charge in [-0.15, -0.1) is 0 Å². The quantitative estimate of drug-likeness (QED) is 0.760. The second-order valence-corrected chi connectivity index (χ2v) is 4.65. The van der Waals surface area contributed by atoms with Crippen LogP contribution in [0.1, 0.15) is 12.2 Å². The lowest BCUT2D eigenvalue weighted by atomic mass is 10.2. The summed E-state index contributed by atoms with van der Waals surface area (Å²) < 4.78 is 5.59. The molecule has 1 aromatic carbocycles. The maximum Gasteiger partial charge on any atom is 0.246 e. The molecule has 112 valence electrons. The first-order chi connectivity index (χ1) is 10.2. The van der Waals surface area contributed by atoms with Gasteiger partial charge in [-0.2, -0.15) is 0 Å². The van der Waals surface area contributed by atoms with Crippen LogP contribution < -0.4 is 0 Å². The Morgan fingerprint density at radius 2 is 2.00 bits per heavy atom. The van der Waals surface area contributed by atoms with Crippen molar-refractivity contribution in [3.63, 3.8) is 0 Å². The molecule has 0 aliphatic heterocycles. The van der Waals surface area contributed by atoms with E-state index in [9.17, 15) is 4.79 Å². The SMILES string of the molecule is O=C(/C=C/c1cc2ccccc2o1)N(CCO)CCCO. The van der Waals surface area contributed by atoms with Crippen molar-refractivity contribution >= 4 is 23.0 Å². The molecular weight excluding hydrogens is 270 g/mol. The van der Waals surface area contributed by atoms with Crippen LogP contribution in [0.4, 0.5) is 0 Å². The van der Waals surface area contributed by atoms with Crippen molar-refractivity contribution in [1.29, 1.82) is 0 Å². The summed E-state index contributed by atoms with van der Waals surface area (Å²) in [5.74, 6) is 0.397. The molecule has 1 amide bonds. The number of hydrogen-bond acceptors (Lipinski definition) is 4. The number of carbonyl (C=O) groups excluding carboxylic acids is 1. The highest BCUT2D eigenvalue weighted by molar-refractivity contribution is 5.92. The zero-order valence-electron chi connectivity index (χ0n) is 11.7.